The van der Waals surface area contributed by atoms with Gasteiger partial charge in [0.15, 0.2) is 0 Å². The minimum Gasteiger partial charge on any atom is -0.335 e. The average Bonchev–Trinajstić information content (AvgIpc) is 2.68. The van der Waals surface area contributed by atoms with Gasteiger partial charge in [0, 0.05) is 13.1 Å². The minimum atomic E-state index is -0.00808. The molecule has 1 N–H and O–H groups in total. The van der Waals surface area contributed by atoms with Crippen LogP contribution in [-0.4, -0.2) is 39.1 Å². The van der Waals surface area contributed by atoms with Gasteiger partial charge in [-0.1, -0.05) is 0 Å². The maximum atomic E-state index is 11.8. The second-order valence-corrected chi connectivity index (χ2v) is 4.31. The fourth-order valence-electron chi connectivity index (χ4n) is 2.15. The number of amides is 1. The molecular formula is C9H12N4O. The van der Waals surface area contributed by atoms with Gasteiger partial charge < -0.3 is 4.90 Å². The van der Waals surface area contributed by atoms with Gasteiger partial charge >= 0.3 is 0 Å². The first-order chi connectivity index (χ1) is 6.79. The van der Waals surface area contributed by atoms with Crippen molar-refractivity contribution in [3.8, 4) is 0 Å². The van der Waals surface area contributed by atoms with Crippen molar-refractivity contribution >= 4 is 5.91 Å². The van der Waals surface area contributed by atoms with E-state index in [0.717, 1.165) is 19.5 Å². The highest BCUT2D eigenvalue weighted by Crippen LogP contribution is 2.52. The summed E-state index contributed by atoms with van der Waals surface area (Å²) in [6, 6.07) is 0. The molecule has 1 spiro atoms. The van der Waals surface area contributed by atoms with Gasteiger partial charge in [-0.25, -0.2) is 4.98 Å². The van der Waals surface area contributed by atoms with Gasteiger partial charge in [0.25, 0.3) is 5.91 Å². The van der Waals surface area contributed by atoms with Gasteiger partial charge in [-0.2, -0.15) is 5.10 Å². The first-order valence-electron chi connectivity index (χ1n) is 4.94. The van der Waals surface area contributed by atoms with Crippen molar-refractivity contribution in [2.24, 2.45) is 5.41 Å². The smallest absolute Gasteiger partial charge is 0.291 e. The molecule has 74 valence electrons. The average molecular weight is 192 g/mol. The second kappa shape index (κ2) is 2.56. The zero-order valence-electron chi connectivity index (χ0n) is 7.86. The molecule has 0 unspecified atom stereocenters. The quantitative estimate of drug-likeness (QED) is 0.702. The summed E-state index contributed by atoms with van der Waals surface area (Å²) in [4.78, 5) is 17.6. The largest absolute Gasteiger partial charge is 0.335 e. The van der Waals surface area contributed by atoms with Crippen LogP contribution in [0.2, 0.25) is 0 Å². The molecule has 0 atom stereocenters. The van der Waals surface area contributed by atoms with Crippen LogP contribution in [0.25, 0.3) is 0 Å². The number of likely N-dealkylation sites (tertiary alicyclic amines) is 1. The molecule has 1 aliphatic heterocycles. The molecule has 0 bridgehead atoms. The molecule has 1 saturated carbocycles. The summed E-state index contributed by atoms with van der Waals surface area (Å²) in [5, 5.41) is 6.29. The molecule has 0 radical (unpaired) electrons. The van der Waals surface area contributed by atoms with Crippen LogP contribution in [0.4, 0.5) is 0 Å². The molecule has 5 heteroatoms. The highest BCUT2D eigenvalue weighted by atomic mass is 16.2. The van der Waals surface area contributed by atoms with E-state index in [1.54, 1.807) is 0 Å². The van der Waals surface area contributed by atoms with Crippen molar-refractivity contribution in [1.82, 2.24) is 20.1 Å². The minimum absolute atomic E-state index is 0.00808. The predicted molar refractivity (Wildman–Crippen MR) is 48.6 cm³/mol. The SMILES string of the molecule is O=C(c1ncn[nH]1)N1CCC2(CC2)C1. The zero-order valence-corrected chi connectivity index (χ0v) is 7.86. The Kier molecular flexibility index (Phi) is 1.45. The standard InChI is InChI=1S/C9H12N4O/c14-8(7-10-6-11-12-7)13-4-3-9(5-13)1-2-9/h6H,1-5H2,(H,10,11,12). The Morgan fingerprint density at radius 3 is 2.93 bits per heavy atom. The summed E-state index contributed by atoms with van der Waals surface area (Å²) in [6.45, 7) is 1.78. The lowest BCUT2D eigenvalue weighted by atomic mass is 10.1. The van der Waals surface area contributed by atoms with Crippen LogP contribution in [-0.2, 0) is 0 Å². The Bertz CT molecular complexity index is 355. The summed E-state index contributed by atoms with van der Waals surface area (Å²) >= 11 is 0. The molecule has 1 aromatic rings. The lowest BCUT2D eigenvalue weighted by Gasteiger charge is -2.13. The molecule has 1 aromatic heterocycles. The van der Waals surface area contributed by atoms with Crippen LogP contribution in [0.5, 0.6) is 0 Å². The monoisotopic (exact) mass is 192 g/mol. The normalized spacial score (nSPS) is 23.0. The van der Waals surface area contributed by atoms with E-state index < -0.39 is 0 Å². The molecule has 2 heterocycles. The van der Waals surface area contributed by atoms with Crippen LogP contribution < -0.4 is 0 Å². The molecule has 3 rings (SSSR count). The Labute approximate surface area is 81.5 Å². The van der Waals surface area contributed by atoms with E-state index in [1.807, 2.05) is 4.90 Å². The van der Waals surface area contributed by atoms with Crippen molar-refractivity contribution in [2.75, 3.05) is 13.1 Å². The molecule has 5 nitrogen and oxygen atoms in total. The maximum absolute atomic E-state index is 11.8. The third-order valence-corrected chi connectivity index (χ3v) is 3.30. The highest BCUT2D eigenvalue weighted by molar-refractivity contribution is 5.90. The van der Waals surface area contributed by atoms with Gasteiger partial charge in [0.1, 0.15) is 6.33 Å². The Balaban J connectivity index is 1.75. The second-order valence-electron chi connectivity index (χ2n) is 4.31. The Morgan fingerprint density at radius 1 is 1.50 bits per heavy atom. The van der Waals surface area contributed by atoms with E-state index >= 15 is 0 Å². The number of hydrogen-bond acceptors (Lipinski definition) is 3. The van der Waals surface area contributed by atoms with Crippen LogP contribution in [0, 0.1) is 5.41 Å². The fraction of sp³-hybridized carbons (Fsp3) is 0.667. The van der Waals surface area contributed by atoms with Crippen molar-refractivity contribution in [1.29, 1.82) is 0 Å². The molecule has 0 aromatic carbocycles. The van der Waals surface area contributed by atoms with Crippen molar-refractivity contribution in [2.45, 2.75) is 19.3 Å². The Hall–Kier alpha value is -1.39. The first kappa shape index (κ1) is 7.96. The third-order valence-electron chi connectivity index (χ3n) is 3.30. The number of nitrogens with zero attached hydrogens (tertiary/aromatic N) is 3. The number of carbonyl (C=O) groups excluding carboxylic acids is 1. The van der Waals surface area contributed by atoms with E-state index in [9.17, 15) is 4.79 Å². The first-order valence-corrected chi connectivity index (χ1v) is 4.94. The summed E-state index contributed by atoms with van der Waals surface area (Å²) in [7, 11) is 0. The molecular weight excluding hydrogens is 180 g/mol. The van der Waals surface area contributed by atoms with Crippen molar-refractivity contribution in [3.63, 3.8) is 0 Å². The zero-order chi connectivity index (χ0) is 9.60. The van der Waals surface area contributed by atoms with Crippen LogP contribution >= 0.6 is 0 Å². The summed E-state index contributed by atoms with van der Waals surface area (Å²) in [6.07, 6.45) is 5.10. The summed E-state index contributed by atoms with van der Waals surface area (Å²) in [5.74, 6) is 0.356. The lowest BCUT2D eigenvalue weighted by molar-refractivity contribution is 0.0773. The summed E-state index contributed by atoms with van der Waals surface area (Å²) < 4.78 is 0. The van der Waals surface area contributed by atoms with Gasteiger partial charge in [0.2, 0.25) is 5.82 Å². The number of carbonyl (C=O) groups is 1. The predicted octanol–water partition coefficient (Wildman–Crippen LogP) is 0.431. The number of rotatable bonds is 1. The Morgan fingerprint density at radius 2 is 2.36 bits per heavy atom. The third kappa shape index (κ3) is 1.12. The fourth-order valence-corrected chi connectivity index (χ4v) is 2.15. The van der Waals surface area contributed by atoms with E-state index in [4.69, 9.17) is 0 Å². The molecule has 2 aliphatic rings. The molecule has 1 amide bonds. The van der Waals surface area contributed by atoms with E-state index in [-0.39, 0.29) is 5.91 Å². The molecule has 1 saturated heterocycles. The number of aromatic nitrogens is 3. The highest BCUT2D eigenvalue weighted by Gasteiger charge is 2.49. The molecule has 2 fully saturated rings. The molecule has 14 heavy (non-hydrogen) atoms. The van der Waals surface area contributed by atoms with Gasteiger partial charge in [-0.05, 0) is 24.7 Å². The lowest BCUT2D eigenvalue weighted by Crippen LogP contribution is -2.29. The summed E-state index contributed by atoms with van der Waals surface area (Å²) in [5.41, 5.74) is 0.482. The van der Waals surface area contributed by atoms with E-state index in [2.05, 4.69) is 15.2 Å². The number of hydrogen-bond donors (Lipinski definition) is 1. The van der Waals surface area contributed by atoms with Crippen molar-refractivity contribution < 1.29 is 4.79 Å². The topological polar surface area (TPSA) is 61.9 Å². The number of H-pyrrole nitrogens is 1. The van der Waals surface area contributed by atoms with Gasteiger partial charge in [-0.3, -0.25) is 9.89 Å². The van der Waals surface area contributed by atoms with Crippen molar-refractivity contribution in [3.05, 3.63) is 12.2 Å². The van der Waals surface area contributed by atoms with E-state index in [1.165, 1.54) is 19.2 Å². The molecule has 1 aliphatic carbocycles. The number of aromatic amines is 1. The van der Waals surface area contributed by atoms with Gasteiger partial charge in [0.05, 0.1) is 0 Å². The van der Waals surface area contributed by atoms with Crippen LogP contribution in [0.1, 0.15) is 29.9 Å². The van der Waals surface area contributed by atoms with E-state index in [0.29, 0.717) is 11.2 Å². The van der Waals surface area contributed by atoms with Gasteiger partial charge in [-0.15, -0.1) is 0 Å². The van der Waals surface area contributed by atoms with Crippen LogP contribution in [0.3, 0.4) is 0 Å². The number of nitrogens with one attached hydrogen (secondary N) is 1. The van der Waals surface area contributed by atoms with Crippen LogP contribution in [0.15, 0.2) is 6.33 Å². The maximum Gasteiger partial charge on any atom is 0.291 e.